The highest BCUT2D eigenvalue weighted by Crippen LogP contribution is 2.32. The Kier molecular flexibility index (Phi) is 5.26. The van der Waals surface area contributed by atoms with Crippen molar-refractivity contribution in [3.8, 4) is 0 Å². The zero-order chi connectivity index (χ0) is 14.7. The molecule has 106 valence electrons. The third-order valence-corrected chi connectivity index (χ3v) is 4.06. The molecule has 0 amide bonds. The molecule has 0 aliphatic heterocycles. The molecule has 3 nitrogen and oxygen atoms in total. The zero-order valence-electron chi connectivity index (χ0n) is 10.7. The summed E-state index contributed by atoms with van der Waals surface area (Å²) in [5.41, 5.74) is 8.64. The molecular formula is C15H15ClINO2. The van der Waals surface area contributed by atoms with Crippen LogP contribution in [0.4, 0.5) is 5.69 Å². The highest BCUT2D eigenvalue weighted by Gasteiger charge is 2.16. The summed E-state index contributed by atoms with van der Waals surface area (Å²) < 4.78 is 1.10. The smallest absolute Gasteiger partial charge is 0.106 e. The van der Waals surface area contributed by atoms with E-state index >= 15 is 0 Å². The van der Waals surface area contributed by atoms with Gasteiger partial charge in [-0.3, -0.25) is 0 Å². The van der Waals surface area contributed by atoms with Gasteiger partial charge >= 0.3 is 0 Å². The van der Waals surface area contributed by atoms with E-state index in [0.29, 0.717) is 22.7 Å². The highest BCUT2D eigenvalue weighted by atomic mass is 127. The molecule has 2 rings (SSSR count). The number of nitrogen functional groups attached to an aromatic ring is 1. The molecule has 0 aliphatic carbocycles. The first kappa shape index (κ1) is 15.6. The van der Waals surface area contributed by atoms with Gasteiger partial charge in [0.1, 0.15) is 6.10 Å². The van der Waals surface area contributed by atoms with Crippen LogP contribution < -0.4 is 5.73 Å². The molecule has 0 aromatic heterocycles. The Hall–Kier alpha value is -0.820. The maximum atomic E-state index is 10.5. The van der Waals surface area contributed by atoms with Crippen LogP contribution in [0.5, 0.6) is 0 Å². The van der Waals surface area contributed by atoms with E-state index in [1.165, 1.54) is 0 Å². The Bertz CT molecular complexity index is 602. The van der Waals surface area contributed by atoms with Crippen molar-refractivity contribution in [2.45, 2.75) is 12.5 Å². The fraction of sp³-hybridized carbons (Fsp3) is 0.200. The van der Waals surface area contributed by atoms with Crippen molar-refractivity contribution < 1.29 is 10.2 Å². The van der Waals surface area contributed by atoms with Crippen LogP contribution in [0.2, 0.25) is 5.02 Å². The minimum absolute atomic E-state index is 0.0103. The summed E-state index contributed by atoms with van der Waals surface area (Å²) in [6, 6.07) is 11.0. The minimum Gasteiger partial charge on any atom is -0.398 e. The first-order valence-electron chi connectivity index (χ1n) is 6.15. The largest absolute Gasteiger partial charge is 0.398 e. The van der Waals surface area contributed by atoms with E-state index in [2.05, 4.69) is 22.6 Å². The van der Waals surface area contributed by atoms with E-state index in [-0.39, 0.29) is 6.61 Å². The van der Waals surface area contributed by atoms with Gasteiger partial charge in [-0.25, -0.2) is 0 Å². The Labute approximate surface area is 136 Å². The fourth-order valence-corrected chi connectivity index (χ4v) is 2.68. The van der Waals surface area contributed by atoms with Crippen molar-refractivity contribution in [1.29, 1.82) is 0 Å². The van der Waals surface area contributed by atoms with E-state index in [1.807, 2.05) is 24.3 Å². The van der Waals surface area contributed by atoms with Gasteiger partial charge in [0.2, 0.25) is 0 Å². The maximum Gasteiger partial charge on any atom is 0.106 e. The van der Waals surface area contributed by atoms with Crippen LogP contribution in [0, 0.1) is 3.57 Å². The van der Waals surface area contributed by atoms with Gasteiger partial charge < -0.3 is 15.9 Å². The second-order valence-corrected chi connectivity index (χ2v) is 6.18. The van der Waals surface area contributed by atoms with E-state index in [0.717, 1.165) is 14.7 Å². The Morgan fingerprint density at radius 3 is 2.45 bits per heavy atom. The quantitative estimate of drug-likeness (QED) is 0.543. The molecule has 4 N–H and O–H groups in total. The number of benzene rings is 2. The van der Waals surface area contributed by atoms with Crippen LogP contribution in [0.25, 0.3) is 0 Å². The van der Waals surface area contributed by atoms with Crippen molar-refractivity contribution >= 4 is 39.9 Å². The normalized spacial score (nSPS) is 12.4. The molecule has 0 heterocycles. The summed E-state index contributed by atoms with van der Waals surface area (Å²) in [5, 5.41) is 20.0. The number of rotatable bonds is 4. The number of aliphatic hydroxyl groups excluding tert-OH is 2. The van der Waals surface area contributed by atoms with Gasteiger partial charge in [-0.1, -0.05) is 23.7 Å². The van der Waals surface area contributed by atoms with Crippen LogP contribution in [0.3, 0.4) is 0 Å². The van der Waals surface area contributed by atoms with E-state index in [9.17, 15) is 5.11 Å². The molecule has 0 fully saturated rings. The summed E-state index contributed by atoms with van der Waals surface area (Å²) in [7, 11) is 0. The van der Waals surface area contributed by atoms with E-state index in [4.69, 9.17) is 22.4 Å². The van der Waals surface area contributed by atoms with Crippen LogP contribution >= 0.6 is 34.2 Å². The van der Waals surface area contributed by atoms with Gasteiger partial charge in [0.25, 0.3) is 0 Å². The highest BCUT2D eigenvalue weighted by molar-refractivity contribution is 14.1. The molecule has 5 heteroatoms. The number of hydrogen-bond acceptors (Lipinski definition) is 3. The van der Waals surface area contributed by atoms with Crippen molar-refractivity contribution in [3.05, 3.63) is 61.7 Å². The predicted molar refractivity (Wildman–Crippen MR) is 89.9 cm³/mol. The van der Waals surface area contributed by atoms with Crippen molar-refractivity contribution in [2.75, 3.05) is 12.3 Å². The van der Waals surface area contributed by atoms with Gasteiger partial charge in [-0.15, -0.1) is 0 Å². The minimum atomic E-state index is -0.830. The molecule has 2 aromatic carbocycles. The van der Waals surface area contributed by atoms with Gasteiger partial charge in [-0.2, -0.15) is 0 Å². The monoisotopic (exact) mass is 403 g/mol. The first-order chi connectivity index (χ1) is 9.52. The zero-order valence-corrected chi connectivity index (χ0v) is 13.6. The van der Waals surface area contributed by atoms with Crippen LogP contribution in [-0.2, 0) is 6.42 Å². The Morgan fingerprint density at radius 1 is 1.20 bits per heavy atom. The van der Waals surface area contributed by atoms with Gasteiger partial charge in [0.15, 0.2) is 0 Å². The number of halogens is 2. The molecule has 0 saturated carbocycles. The number of anilines is 1. The third-order valence-electron chi connectivity index (χ3n) is 3.12. The molecule has 1 atom stereocenters. The number of aliphatic hydroxyl groups is 2. The van der Waals surface area contributed by atoms with Crippen LogP contribution in [0.15, 0.2) is 36.4 Å². The summed E-state index contributed by atoms with van der Waals surface area (Å²) in [6.45, 7) is -0.0103. The van der Waals surface area contributed by atoms with E-state index < -0.39 is 6.10 Å². The van der Waals surface area contributed by atoms with Gasteiger partial charge in [0.05, 0.1) is 0 Å². The molecule has 20 heavy (non-hydrogen) atoms. The standard InChI is InChI=1S/C15H15ClINO2/c16-11-7-10(5-6-19)14(18)13(8-11)15(20)9-1-3-12(17)4-2-9/h1-4,7-8,15,19-20H,5-6,18H2. The lowest BCUT2D eigenvalue weighted by molar-refractivity contribution is 0.221. The first-order valence-corrected chi connectivity index (χ1v) is 7.60. The van der Waals surface area contributed by atoms with Gasteiger partial charge in [0, 0.05) is 26.5 Å². The molecule has 2 aromatic rings. The van der Waals surface area contributed by atoms with E-state index in [1.54, 1.807) is 12.1 Å². The summed E-state index contributed by atoms with van der Waals surface area (Å²) in [4.78, 5) is 0. The molecule has 1 unspecified atom stereocenters. The lowest BCUT2D eigenvalue weighted by Crippen LogP contribution is -2.07. The SMILES string of the molecule is Nc1c(CCO)cc(Cl)cc1C(O)c1ccc(I)cc1. The third kappa shape index (κ3) is 3.44. The molecule has 0 bridgehead atoms. The molecule has 0 spiro atoms. The van der Waals surface area contributed by atoms with Crippen molar-refractivity contribution in [2.24, 2.45) is 0 Å². The maximum absolute atomic E-state index is 10.5. The van der Waals surface area contributed by atoms with Crippen molar-refractivity contribution in [3.63, 3.8) is 0 Å². The van der Waals surface area contributed by atoms with Crippen LogP contribution in [0.1, 0.15) is 22.8 Å². The van der Waals surface area contributed by atoms with Gasteiger partial charge in [-0.05, 0) is 64.4 Å². The number of nitrogens with two attached hydrogens (primary N) is 1. The Morgan fingerprint density at radius 2 is 1.85 bits per heavy atom. The molecular weight excluding hydrogens is 389 g/mol. The molecule has 0 radical (unpaired) electrons. The predicted octanol–water partition coefficient (Wildman–Crippen LogP) is 3.14. The average molecular weight is 404 g/mol. The molecule has 0 saturated heterocycles. The lowest BCUT2D eigenvalue weighted by Gasteiger charge is -2.17. The topological polar surface area (TPSA) is 66.5 Å². The Balaban J connectivity index is 2.43. The second kappa shape index (κ2) is 6.76. The molecule has 0 aliphatic rings. The summed E-state index contributed by atoms with van der Waals surface area (Å²) in [6.07, 6.45) is -0.415. The summed E-state index contributed by atoms with van der Waals surface area (Å²) >= 11 is 8.27. The lowest BCUT2D eigenvalue weighted by atomic mass is 9.96. The fourth-order valence-electron chi connectivity index (χ4n) is 2.08. The van der Waals surface area contributed by atoms with Crippen molar-refractivity contribution in [1.82, 2.24) is 0 Å². The summed E-state index contributed by atoms with van der Waals surface area (Å²) in [5.74, 6) is 0. The average Bonchev–Trinajstić information content (AvgIpc) is 2.43. The number of hydrogen-bond donors (Lipinski definition) is 3. The second-order valence-electron chi connectivity index (χ2n) is 4.50. The van der Waals surface area contributed by atoms with Crippen LogP contribution in [-0.4, -0.2) is 16.8 Å².